The molecule has 2 atom stereocenters. The first-order valence-corrected chi connectivity index (χ1v) is 6.29. The van der Waals surface area contributed by atoms with Gasteiger partial charge in [-0.3, -0.25) is 9.59 Å². The number of rotatable bonds is 5. The fraction of sp³-hybridized carbons (Fsp3) is 0.714. The third-order valence-corrected chi connectivity index (χ3v) is 3.73. The quantitative estimate of drug-likeness (QED) is 0.764. The maximum absolute atomic E-state index is 12.2. The Morgan fingerprint density at radius 3 is 2.33 bits per heavy atom. The van der Waals surface area contributed by atoms with Gasteiger partial charge in [0.1, 0.15) is 0 Å². The third kappa shape index (κ3) is 3.12. The minimum absolute atomic E-state index is 0.00268. The van der Waals surface area contributed by atoms with Crippen molar-refractivity contribution in [3.8, 4) is 0 Å². The van der Waals surface area contributed by atoms with E-state index in [1.807, 2.05) is 13.8 Å². The summed E-state index contributed by atoms with van der Waals surface area (Å²) in [6, 6.07) is 0. The van der Waals surface area contributed by atoms with E-state index < -0.39 is 5.97 Å². The number of carboxylic acid groups (broad SMARTS) is 1. The van der Waals surface area contributed by atoms with Crippen molar-refractivity contribution in [2.24, 2.45) is 17.3 Å². The Labute approximate surface area is 109 Å². The normalized spacial score (nSPS) is 24.3. The standard InChI is InChI=1S/C14H23NO3/c1-9(2)8-10-12(14(10,3)4)13(18)15(5)7-6-11(16)17/h8,10,12H,6-7H2,1-5H3,(H,16,17)/t10-,12-/m1/s1. The van der Waals surface area contributed by atoms with Crippen LogP contribution in [-0.4, -0.2) is 35.5 Å². The lowest BCUT2D eigenvalue weighted by Gasteiger charge is -2.16. The third-order valence-electron chi connectivity index (χ3n) is 3.73. The molecule has 1 N–H and O–H groups in total. The molecule has 0 bridgehead atoms. The summed E-state index contributed by atoms with van der Waals surface area (Å²) in [4.78, 5) is 24.3. The number of aliphatic carboxylic acids is 1. The Morgan fingerprint density at radius 2 is 1.89 bits per heavy atom. The highest BCUT2D eigenvalue weighted by Crippen LogP contribution is 2.59. The first-order chi connectivity index (χ1) is 8.17. The minimum Gasteiger partial charge on any atom is -0.481 e. The molecule has 0 aromatic rings. The second-order valence-electron chi connectivity index (χ2n) is 5.97. The van der Waals surface area contributed by atoms with Crippen LogP contribution < -0.4 is 0 Å². The van der Waals surface area contributed by atoms with Crippen molar-refractivity contribution in [2.75, 3.05) is 13.6 Å². The summed E-state index contributed by atoms with van der Waals surface area (Å²) in [6.07, 6.45) is 2.15. The van der Waals surface area contributed by atoms with Gasteiger partial charge in [0.25, 0.3) is 0 Å². The molecule has 1 rings (SSSR count). The van der Waals surface area contributed by atoms with Crippen molar-refractivity contribution in [1.29, 1.82) is 0 Å². The largest absolute Gasteiger partial charge is 0.481 e. The molecule has 1 fully saturated rings. The van der Waals surface area contributed by atoms with E-state index >= 15 is 0 Å². The Hall–Kier alpha value is -1.32. The van der Waals surface area contributed by atoms with E-state index in [0.717, 1.165) is 0 Å². The van der Waals surface area contributed by atoms with Gasteiger partial charge in [-0.1, -0.05) is 25.5 Å². The first kappa shape index (κ1) is 14.7. The van der Waals surface area contributed by atoms with Crippen molar-refractivity contribution in [1.82, 2.24) is 4.90 Å². The van der Waals surface area contributed by atoms with Crippen LogP contribution in [-0.2, 0) is 9.59 Å². The van der Waals surface area contributed by atoms with Gasteiger partial charge in [0.2, 0.25) is 5.91 Å². The molecule has 0 aromatic heterocycles. The van der Waals surface area contributed by atoms with Gasteiger partial charge in [-0.15, -0.1) is 0 Å². The Bertz CT molecular complexity index is 381. The average molecular weight is 253 g/mol. The second-order valence-corrected chi connectivity index (χ2v) is 5.97. The van der Waals surface area contributed by atoms with Gasteiger partial charge >= 0.3 is 5.97 Å². The van der Waals surface area contributed by atoms with Crippen molar-refractivity contribution in [3.63, 3.8) is 0 Å². The number of allylic oxidation sites excluding steroid dienone is 2. The maximum Gasteiger partial charge on any atom is 0.305 e. The summed E-state index contributed by atoms with van der Waals surface area (Å²) in [5.74, 6) is -0.539. The van der Waals surface area contributed by atoms with E-state index in [1.54, 1.807) is 11.9 Å². The number of hydrogen-bond donors (Lipinski definition) is 1. The van der Waals surface area contributed by atoms with Crippen LogP contribution in [0.25, 0.3) is 0 Å². The molecule has 0 spiro atoms. The molecule has 18 heavy (non-hydrogen) atoms. The van der Waals surface area contributed by atoms with E-state index in [0.29, 0.717) is 0 Å². The highest BCUT2D eigenvalue weighted by atomic mass is 16.4. The van der Waals surface area contributed by atoms with Crippen LogP contribution in [0.1, 0.15) is 34.1 Å². The molecule has 0 saturated heterocycles. The van der Waals surface area contributed by atoms with Crippen LogP contribution in [0.15, 0.2) is 11.6 Å². The lowest BCUT2D eigenvalue weighted by Crippen LogP contribution is -2.31. The molecule has 1 aliphatic carbocycles. The van der Waals surface area contributed by atoms with E-state index in [4.69, 9.17) is 5.11 Å². The van der Waals surface area contributed by atoms with Gasteiger partial charge in [-0.25, -0.2) is 0 Å². The number of carbonyl (C=O) groups is 2. The zero-order chi connectivity index (χ0) is 14.1. The van der Waals surface area contributed by atoms with Gasteiger partial charge in [-0.05, 0) is 25.2 Å². The van der Waals surface area contributed by atoms with E-state index in [-0.39, 0.29) is 36.1 Å². The molecule has 1 aliphatic rings. The molecule has 0 unspecified atom stereocenters. The van der Waals surface area contributed by atoms with Crippen LogP contribution >= 0.6 is 0 Å². The van der Waals surface area contributed by atoms with Crippen molar-refractivity contribution in [2.45, 2.75) is 34.1 Å². The topological polar surface area (TPSA) is 57.6 Å². The number of hydrogen-bond acceptors (Lipinski definition) is 2. The van der Waals surface area contributed by atoms with Crippen LogP contribution in [0.3, 0.4) is 0 Å². The molecular weight excluding hydrogens is 230 g/mol. The molecule has 1 amide bonds. The first-order valence-electron chi connectivity index (χ1n) is 6.29. The van der Waals surface area contributed by atoms with E-state index in [1.165, 1.54) is 5.57 Å². The smallest absolute Gasteiger partial charge is 0.305 e. The van der Waals surface area contributed by atoms with Crippen molar-refractivity contribution >= 4 is 11.9 Å². The summed E-state index contributed by atoms with van der Waals surface area (Å²) >= 11 is 0. The van der Waals surface area contributed by atoms with E-state index in [2.05, 4.69) is 19.9 Å². The van der Waals surface area contributed by atoms with Gasteiger partial charge in [0, 0.05) is 13.6 Å². The molecule has 0 aromatic carbocycles. The number of carbonyl (C=O) groups excluding carboxylic acids is 1. The van der Waals surface area contributed by atoms with Gasteiger partial charge < -0.3 is 10.0 Å². The van der Waals surface area contributed by atoms with Crippen LogP contribution in [0.2, 0.25) is 0 Å². The lowest BCUT2D eigenvalue weighted by molar-refractivity contribution is -0.138. The lowest BCUT2D eigenvalue weighted by atomic mass is 10.1. The van der Waals surface area contributed by atoms with E-state index in [9.17, 15) is 9.59 Å². The van der Waals surface area contributed by atoms with Gasteiger partial charge in [0.05, 0.1) is 12.3 Å². The Balaban J connectivity index is 2.63. The Kier molecular flexibility index (Phi) is 4.20. The van der Waals surface area contributed by atoms with Gasteiger partial charge in [0.15, 0.2) is 0 Å². The highest BCUT2D eigenvalue weighted by molar-refractivity contribution is 5.84. The van der Waals surface area contributed by atoms with Crippen LogP contribution in [0, 0.1) is 17.3 Å². The number of amides is 1. The summed E-state index contributed by atoms with van der Waals surface area (Å²) in [7, 11) is 1.68. The molecule has 4 heteroatoms. The van der Waals surface area contributed by atoms with Crippen molar-refractivity contribution < 1.29 is 14.7 Å². The summed E-state index contributed by atoms with van der Waals surface area (Å²) in [5.41, 5.74) is 1.21. The highest BCUT2D eigenvalue weighted by Gasteiger charge is 2.60. The molecule has 0 aliphatic heterocycles. The number of carboxylic acids is 1. The SMILES string of the molecule is CC(C)=C[C@@H]1[C@H](C(=O)N(C)CCC(=O)O)C1(C)C. The van der Waals surface area contributed by atoms with Crippen LogP contribution in [0.5, 0.6) is 0 Å². The molecule has 0 heterocycles. The van der Waals surface area contributed by atoms with Gasteiger partial charge in [-0.2, -0.15) is 0 Å². The molecule has 1 saturated carbocycles. The molecule has 0 radical (unpaired) electrons. The fourth-order valence-corrected chi connectivity index (χ4v) is 2.43. The summed E-state index contributed by atoms with van der Waals surface area (Å²) in [6.45, 7) is 8.52. The monoisotopic (exact) mass is 253 g/mol. The summed E-state index contributed by atoms with van der Waals surface area (Å²) in [5, 5.41) is 8.62. The fourth-order valence-electron chi connectivity index (χ4n) is 2.43. The van der Waals surface area contributed by atoms with Crippen LogP contribution in [0.4, 0.5) is 0 Å². The van der Waals surface area contributed by atoms with Crippen molar-refractivity contribution in [3.05, 3.63) is 11.6 Å². The Morgan fingerprint density at radius 1 is 1.33 bits per heavy atom. The minimum atomic E-state index is -0.870. The molecule has 4 nitrogen and oxygen atoms in total. The second kappa shape index (κ2) is 5.12. The zero-order valence-corrected chi connectivity index (χ0v) is 11.9. The zero-order valence-electron chi connectivity index (χ0n) is 11.9. The maximum atomic E-state index is 12.2. The predicted octanol–water partition coefficient (Wildman–Crippen LogP) is 2.16. The molecular formula is C14H23NO3. The predicted molar refractivity (Wildman–Crippen MR) is 70.1 cm³/mol. The average Bonchev–Trinajstić information content (AvgIpc) is 2.74. The molecule has 102 valence electrons. The number of nitrogens with zero attached hydrogens (tertiary/aromatic N) is 1. The summed E-state index contributed by atoms with van der Waals surface area (Å²) < 4.78 is 0.